The van der Waals surface area contributed by atoms with Crippen LogP contribution in [0.2, 0.25) is 0 Å². The molecule has 0 atom stereocenters. The molecule has 0 radical (unpaired) electrons. The molecule has 1 N–H and O–H groups in total. The van der Waals surface area contributed by atoms with Crippen LogP contribution in [-0.2, 0) is 0 Å². The maximum absolute atomic E-state index is 9.80. The van der Waals surface area contributed by atoms with Crippen molar-refractivity contribution in [2.75, 3.05) is 0 Å². The molecule has 0 aliphatic carbocycles. The van der Waals surface area contributed by atoms with Gasteiger partial charge in [0.05, 0.1) is 11.2 Å². The van der Waals surface area contributed by atoms with E-state index in [0.29, 0.717) is 12.0 Å². The van der Waals surface area contributed by atoms with E-state index in [9.17, 15) is 4.79 Å². The molecule has 0 unspecified atom stereocenters. The molecule has 0 bridgehead atoms. The molecule has 2 aromatic heterocycles. The first-order valence-electron chi connectivity index (χ1n) is 4.99. The van der Waals surface area contributed by atoms with Gasteiger partial charge in [-0.05, 0) is 12.1 Å². The van der Waals surface area contributed by atoms with Gasteiger partial charge < -0.3 is 0 Å². The Morgan fingerprint density at radius 3 is 2.71 bits per heavy atom. The second-order valence-corrected chi connectivity index (χ2v) is 3.21. The molecule has 0 fully saturated rings. The number of carbonyl (C=O) groups excluding carboxylic acids is 1. The highest BCUT2D eigenvalue weighted by molar-refractivity contribution is 5.76. The Kier molecular flexibility index (Phi) is 3.54. The van der Waals surface area contributed by atoms with Crippen molar-refractivity contribution in [3.63, 3.8) is 0 Å². The molecule has 3 rings (SSSR count). The van der Waals surface area contributed by atoms with Crippen molar-refractivity contribution in [3.05, 3.63) is 54.7 Å². The number of aromatic amines is 1. The topological polar surface area (TPSA) is 71.5 Å². The second kappa shape index (κ2) is 5.50. The minimum Gasteiger partial charge on any atom is -0.296 e. The molecule has 1 aromatic carbocycles. The fraction of sp³-hybridized carbons (Fsp3) is 0. The summed E-state index contributed by atoms with van der Waals surface area (Å²) in [5.41, 5.74) is 1.51. The van der Waals surface area contributed by atoms with Gasteiger partial charge in [0.2, 0.25) is 0 Å². The normalized spacial score (nSPS) is 9.41. The molecule has 0 saturated heterocycles. The van der Waals surface area contributed by atoms with E-state index >= 15 is 0 Å². The average Bonchev–Trinajstić information content (AvgIpc) is 2.93. The SMILES string of the molecule is O=Cc1ccn[nH]1.c1ccc2ncncc2c1. The predicted molar refractivity (Wildman–Crippen MR) is 63.5 cm³/mol. The van der Waals surface area contributed by atoms with Crippen molar-refractivity contribution in [1.29, 1.82) is 0 Å². The molecule has 0 aliphatic rings. The second-order valence-electron chi connectivity index (χ2n) is 3.21. The van der Waals surface area contributed by atoms with Gasteiger partial charge in [0.1, 0.15) is 6.33 Å². The van der Waals surface area contributed by atoms with Gasteiger partial charge in [-0.15, -0.1) is 0 Å². The maximum Gasteiger partial charge on any atom is 0.167 e. The lowest BCUT2D eigenvalue weighted by atomic mass is 10.2. The zero-order valence-electron chi connectivity index (χ0n) is 8.95. The van der Waals surface area contributed by atoms with E-state index in [1.807, 2.05) is 30.5 Å². The highest BCUT2D eigenvalue weighted by atomic mass is 16.1. The highest BCUT2D eigenvalue weighted by Crippen LogP contribution is 2.06. The third-order valence-corrected chi connectivity index (χ3v) is 2.06. The van der Waals surface area contributed by atoms with Gasteiger partial charge >= 0.3 is 0 Å². The lowest BCUT2D eigenvalue weighted by Crippen LogP contribution is -1.77. The monoisotopic (exact) mass is 226 g/mol. The number of para-hydroxylation sites is 1. The number of H-pyrrole nitrogens is 1. The van der Waals surface area contributed by atoms with Crippen LogP contribution in [0.25, 0.3) is 10.9 Å². The first-order chi connectivity index (χ1) is 8.40. The van der Waals surface area contributed by atoms with Gasteiger partial charge in [-0.25, -0.2) is 9.97 Å². The first-order valence-corrected chi connectivity index (χ1v) is 4.99. The van der Waals surface area contributed by atoms with Crippen molar-refractivity contribution < 1.29 is 4.79 Å². The van der Waals surface area contributed by atoms with Crippen molar-refractivity contribution in [1.82, 2.24) is 20.2 Å². The summed E-state index contributed by atoms with van der Waals surface area (Å²) in [6.45, 7) is 0. The molecule has 17 heavy (non-hydrogen) atoms. The molecule has 0 saturated carbocycles. The van der Waals surface area contributed by atoms with Crippen LogP contribution in [0.1, 0.15) is 10.5 Å². The van der Waals surface area contributed by atoms with E-state index in [2.05, 4.69) is 20.2 Å². The van der Waals surface area contributed by atoms with Crippen molar-refractivity contribution in [3.8, 4) is 0 Å². The first kappa shape index (κ1) is 10.9. The van der Waals surface area contributed by atoms with Crippen molar-refractivity contribution in [2.45, 2.75) is 0 Å². The van der Waals surface area contributed by atoms with Gasteiger partial charge in [0.25, 0.3) is 0 Å². The number of benzene rings is 1. The standard InChI is InChI=1S/C8H6N2.C4H4N2O/c1-2-4-8-7(3-1)5-9-6-10-8;7-3-4-1-2-5-6-4/h1-6H;1-3H,(H,5,6). The lowest BCUT2D eigenvalue weighted by molar-refractivity contribution is 0.111. The third-order valence-electron chi connectivity index (χ3n) is 2.06. The molecule has 5 nitrogen and oxygen atoms in total. The Morgan fingerprint density at radius 2 is 2.06 bits per heavy atom. The number of hydrogen-bond donors (Lipinski definition) is 1. The van der Waals surface area contributed by atoms with Gasteiger partial charge in [-0.1, -0.05) is 18.2 Å². The summed E-state index contributed by atoms with van der Waals surface area (Å²) in [4.78, 5) is 17.8. The number of nitrogens with one attached hydrogen (secondary N) is 1. The summed E-state index contributed by atoms with van der Waals surface area (Å²) >= 11 is 0. The molecule has 5 heteroatoms. The molecular formula is C12H10N4O. The summed E-state index contributed by atoms with van der Waals surface area (Å²) in [6, 6.07) is 9.51. The molecule has 0 amide bonds. The van der Waals surface area contributed by atoms with E-state index in [1.165, 1.54) is 6.20 Å². The zero-order valence-corrected chi connectivity index (χ0v) is 8.95. The van der Waals surface area contributed by atoms with E-state index < -0.39 is 0 Å². The fourth-order valence-corrected chi connectivity index (χ4v) is 1.26. The summed E-state index contributed by atoms with van der Waals surface area (Å²) in [5, 5.41) is 7.09. The molecule has 3 aromatic rings. The van der Waals surface area contributed by atoms with Gasteiger partial charge in [-0.3, -0.25) is 9.89 Å². The minimum absolute atomic E-state index is 0.514. The number of aromatic nitrogens is 4. The van der Waals surface area contributed by atoms with Crippen LogP contribution in [-0.4, -0.2) is 26.5 Å². The molecule has 2 heterocycles. The number of carbonyl (C=O) groups is 1. The smallest absolute Gasteiger partial charge is 0.167 e. The van der Waals surface area contributed by atoms with E-state index in [0.717, 1.165) is 10.9 Å². The largest absolute Gasteiger partial charge is 0.296 e. The van der Waals surface area contributed by atoms with Gasteiger partial charge in [-0.2, -0.15) is 5.10 Å². The van der Waals surface area contributed by atoms with Crippen molar-refractivity contribution in [2.24, 2.45) is 0 Å². The van der Waals surface area contributed by atoms with Crippen molar-refractivity contribution >= 4 is 17.2 Å². The predicted octanol–water partition coefficient (Wildman–Crippen LogP) is 1.85. The number of hydrogen-bond acceptors (Lipinski definition) is 4. The molecule has 0 spiro atoms. The van der Waals surface area contributed by atoms with Gasteiger partial charge in [0.15, 0.2) is 6.29 Å². The Labute approximate surface area is 97.5 Å². The Hall–Kier alpha value is -2.56. The summed E-state index contributed by atoms with van der Waals surface area (Å²) < 4.78 is 0. The average molecular weight is 226 g/mol. The number of nitrogens with zero attached hydrogens (tertiary/aromatic N) is 3. The molecule has 0 aliphatic heterocycles. The zero-order chi connectivity index (χ0) is 11.9. The Bertz CT molecular complexity index is 527. The number of aldehydes is 1. The fourth-order valence-electron chi connectivity index (χ4n) is 1.26. The van der Waals surface area contributed by atoms with E-state index in [-0.39, 0.29) is 0 Å². The highest BCUT2D eigenvalue weighted by Gasteiger charge is 1.87. The summed E-state index contributed by atoms with van der Waals surface area (Å²) in [7, 11) is 0. The Morgan fingerprint density at radius 1 is 1.18 bits per heavy atom. The lowest BCUT2D eigenvalue weighted by Gasteiger charge is -1.90. The van der Waals surface area contributed by atoms with Crippen LogP contribution in [0, 0.1) is 0 Å². The van der Waals surface area contributed by atoms with Crippen LogP contribution in [0.4, 0.5) is 0 Å². The van der Waals surface area contributed by atoms with Crippen LogP contribution in [0.5, 0.6) is 0 Å². The quantitative estimate of drug-likeness (QED) is 0.643. The van der Waals surface area contributed by atoms with Crippen LogP contribution in [0.3, 0.4) is 0 Å². The van der Waals surface area contributed by atoms with Crippen LogP contribution >= 0.6 is 0 Å². The number of rotatable bonds is 1. The summed E-state index contributed by atoms with van der Waals surface area (Å²) in [5.74, 6) is 0. The number of fused-ring (bicyclic) bond motifs is 1. The third kappa shape index (κ3) is 2.94. The Balaban J connectivity index is 0.000000136. The minimum atomic E-state index is 0.514. The van der Waals surface area contributed by atoms with E-state index in [1.54, 1.807) is 12.4 Å². The van der Waals surface area contributed by atoms with E-state index in [4.69, 9.17) is 0 Å². The summed E-state index contributed by atoms with van der Waals surface area (Å²) in [6.07, 6.45) is 5.61. The van der Waals surface area contributed by atoms with Gasteiger partial charge in [0, 0.05) is 17.8 Å². The van der Waals surface area contributed by atoms with Crippen LogP contribution in [0.15, 0.2) is 49.1 Å². The molecular weight excluding hydrogens is 216 g/mol. The molecule has 84 valence electrons. The van der Waals surface area contributed by atoms with Crippen LogP contribution < -0.4 is 0 Å². The maximum atomic E-state index is 9.80.